The predicted octanol–water partition coefficient (Wildman–Crippen LogP) is 4.88. The molecule has 0 unspecified atom stereocenters. The molecule has 0 spiro atoms. The minimum Gasteiger partial charge on any atom is -0.449 e. The molecule has 5 heteroatoms. The minimum atomic E-state index is -0.950. The van der Waals surface area contributed by atoms with Crippen molar-refractivity contribution < 1.29 is 14.3 Å². The first-order valence-corrected chi connectivity index (χ1v) is 9.39. The van der Waals surface area contributed by atoms with E-state index < -0.39 is 12.1 Å². The maximum absolute atomic E-state index is 12.8. The molecule has 0 saturated carbocycles. The standard InChI is InChI=1S/C24H20N2O3/c1-15-14-20(19-11-5-6-12-22(19)25-15)24(28)29-16(2)23(27)26-21-13-7-9-17-8-3-4-10-18(17)21/h3-14,16H,1-2H3,(H,26,27)/t16-/m1/s1. The fourth-order valence-corrected chi connectivity index (χ4v) is 3.32. The Balaban J connectivity index is 1.54. The van der Waals surface area contributed by atoms with Crippen LogP contribution in [0.4, 0.5) is 5.69 Å². The van der Waals surface area contributed by atoms with Gasteiger partial charge in [-0.3, -0.25) is 9.78 Å². The van der Waals surface area contributed by atoms with Crippen LogP contribution in [0.1, 0.15) is 23.0 Å². The zero-order valence-corrected chi connectivity index (χ0v) is 16.2. The van der Waals surface area contributed by atoms with Gasteiger partial charge in [-0.1, -0.05) is 54.6 Å². The number of anilines is 1. The number of para-hydroxylation sites is 1. The summed E-state index contributed by atoms with van der Waals surface area (Å²) in [6.07, 6.45) is -0.950. The molecular weight excluding hydrogens is 364 g/mol. The van der Waals surface area contributed by atoms with Crippen LogP contribution in [0.15, 0.2) is 72.8 Å². The molecule has 1 heterocycles. The number of nitrogens with zero attached hydrogens (tertiary/aromatic N) is 1. The predicted molar refractivity (Wildman–Crippen MR) is 114 cm³/mol. The summed E-state index contributed by atoms with van der Waals surface area (Å²) < 4.78 is 5.47. The summed E-state index contributed by atoms with van der Waals surface area (Å²) in [4.78, 5) is 29.8. The zero-order chi connectivity index (χ0) is 20.4. The number of carbonyl (C=O) groups excluding carboxylic acids is 2. The molecule has 1 atom stereocenters. The largest absolute Gasteiger partial charge is 0.449 e. The summed E-state index contributed by atoms with van der Waals surface area (Å²) in [6.45, 7) is 3.38. The number of hydrogen-bond acceptors (Lipinski definition) is 4. The van der Waals surface area contributed by atoms with E-state index in [2.05, 4.69) is 10.3 Å². The van der Waals surface area contributed by atoms with E-state index in [4.69, 9.17) is 4.74 Å². The molecule has 0 aliphatic carbocycles. The molecule has 0 fully saturated rings. The Bertz CT molecular complexity index is 1230. The second kappa shape index (κ2) is 7.72. The van der Waals surface area contributed by atoms with Gasteiger partial charge in [-0.05, 0) is 37.4 Å². The molecule has 4 rings (SSSR count). The number of nitrogens with one attached hydrogen (secondary N) is 1. The Hall–Kier alpha value is -3.73. The van der Waals surface area contributed by atoms with Gasteiger partial charge in [0.2, 0.25) is 0 Å². The van der Waals surface area contributed by atoms with E-state index in [9.17, 15) is 9.59 Å². The van der Waals surface area contributed by atoms with Gasteiger partial charge < -0.3 is 10.1 Å². The summed E-state index contributed by atoms with van der Waals surface area (Å²) in [7, 11) is 0. The Kier molecular flexibility index (Phi) is 4.96. The number of fused-ring (bicyclic) bond motifs is 2. The first-order valence-electron chi connectivity index (χ1n) is 9.39. The van der Waals surface area contributed by atoms with E-state index in [1.807, 2.05) is 73.7 Å². The lowest BCUT2D eigenvalue weighted by molar-refractivity contribution is -0.123. The van der Waals surface area contributed by atoms with Crippen LogP contribution >= 0.6 is 0 Å². The van der Waals surface area contributed by atoms with Gasteiger partial charge in [0.1, 0.15) is 0 Å². The average Bonchev–Trinajstić information content (AvgIpc) is 2.73. The Labute approximate surface area is 168 Å². The quantitative estimate of drug-likeness (QED) is 0.509. The highest BCUT2D eigenvalue weighted by atomic mass is 16.5. The van der Waals surface area contributed by atoms with E-state index in [0.717, 1.165) is 10.8 Å². The smallest absolute Gasteiger partial charge is 0.339 e. The molecular formula is C24H20N2O3. The van der Waals surface area contributed by atoms with E-state index in [1.165, 1.54) is 0 Å². The van der Waals surface area contributed by atoms with Crippen LogP contribution in [0.25, 0.3) is 21.7 Å². The number of hydrogen-bond donors (Lipinski definition) is 1. The van der Waals surface area contributed by atoms with Crippen molar-refractivity contribution in [3.63, 3.8) is 0 Å². The van der Waals surface area contributed by atoms with Gasteiger partial charge >= 0.3 is 5.97 Å². The number of ether oxygens (including phenoxy) is 1. The van der Waals surface area contributed by atoms with Crippen molar-refractivity contribution in [3.8, 4) is 0 Å². The highest BCUT2D eigenvalue weighted by molar-refractivity contribution is 6.06. The fraction of sp³-hybridized carbons (Fsp3) is 0.125. The van der Waals surface area contributed by atoms with Gasteiger partial charge in [0.15, 0.2) is 6.10 Å². The Morgan fingerprint density at radius 2 is 1.62 bits per heavy atom. The van der Waals surface area contributed by atoms with Crippen molar-refractivity contribution in [1.82, 2.24) is 4.98 Å². The molecule has 1 N–H and O–H groups in total. The number of esters is 1. The maximum Gasteiger partial charge on any atom is 0.339 e. The third kappa shape index (κ3) is 3.80. The number of aryl methyl sites for hydroxylation is 1. The van der Waals surface area contributed by atoms with Gasteiger partial charge in [-0.25, -0.2) is 4.79 Å². The molecule has 0 radical (unpaired) electrons. The summed E-state index contributed by atoms with van der Waals surface area (Å²) in [5.41, 5.74) is 2.51. The number of carbonyl (C=O) groups is 2. The molecule has 5 nitrogen and oxygen atoms in total. The van der Waals surface area contributed by atoms with Crippen LogP contribution in [-0.4, -0.2) is 23.0 Å². The normalized spacial score (nSPS) is 11.9. The first-order chi connectivity index (χ1) is 14.0. The van der Waals surface area contributed by atoms with Crippen LogP contribution in [0.2, 0.25) is 0 Å². The van der Waals surface area contributed by atoms with Gasteiger partial charge in [-0.15, -0.1) is 0 Å². The number of benzene rings is 3. The maximum atomic E-state index is 12.8. The lowest BCUT2D eigenvalue weighted by atomic mass is 10.1. The molecule has 144 valence electrons. The molecule has 0 aliphatic heterocycles. The van der Waals surface area contributed by atoms with E-state index in [0.29, 0.717) is 27.8 Å². The van der Waals surface area contributed by atoms with Gasteiger partial charge in [0.05, 0.1) is 11.1 Å². The third-order valence-corrected chi connectivity index (χ3v) is 4.76. The van der Waals surface area contributed by atoms with Gasteiger partial charge in [-0.2, -0.15) is 0 Å². The van der Waals surface area contributed by atoms with Crippen molar-refractivity contribution in [1.29, 1.82) is 0 Å². The third-order valence-electron chi connectivity index (χ3n) is 4.76. The lowest BCUT2D eigenvalue weighted by Crippen LogP contribution is -2.30. The van der Waals surface area contributed by atoms with Crippen molar-refractivity contribution in [3.05, 3.63) is 84.1 Å². The van der Waals surface area contributed by atoms with Crippen molar-refractivity contribution in [2.24, 2.45) is 0 Å². The SMILES string of the molecule is Cc1cc(C(=O)O[C@H](C)C(=O)Nc2cccc3ccccc23)c2ccccc2n1. The number of amides is 1. The topological polar surface area (TPSA) is 68.3 Å². The second-order valence-electron chi connectivity index (χ2n) is 6.89. The highest BCUT2D eigenvalue weighted by Crippen LogP contribution is 2.24. The van der Waals surface area contributed by atoms with Crippen LogP contribution in [0, 0.1) is 6.92 Å². The van der Waals surface area contributed by atoms with Crippen LogP contribution in [0.3, 0.4) is 0 Å². The monoisotopic (exact) mass is 384 g/mol. The van der Waals surface area contributed by atoms with Gasteiger partial charge in [0, 0.05) is 22.2 Å². The average molecular weight is 384 g/mol. The van der Waals surface area contributed by atoms with E-state index in [1.54, 1.807) is 13.0 Å². The van der Waals surface area contributed by atoms with Crippen LogP contribution in [-0.2, 0) is 9.53 Å². The van der Waals surface area contributed by atoms with Crippen molar-refractivity contribution >= 4 is 39.2 Å². The van der Waals surface area contributed by atoms with E-state index in [-0.39, 0.29) is 5.91 Å². The lowest BCUT2D eigenvalue weighted by Gasteiger charge is -2.15. The highest BCUT2D eigenvalue weighted by Gasteiger charge is 2.21. The molecule has 0 saturated heterocycles. The molecule has 1 amide bonds. The number of pyridine rings is 1. The van der Waals surface area contributed by atoms with Crippen molar-refractivity contribution in [2.45, 2.75) is 20.0 Å². The number of aromatic nitrogens is 1. The van der Waals surface area contributed by atoms with Crippen molar-refractivity contribution in [2.75, 3.05) is 5.32 Å². The molecule has 0 aliphatic rings. The first kappa shape index (κ1) is 18.6. The fourth-order valence-electron chi connectivity index (χ4n) is 3.32. The minimum absolute atomic E-state index is 0.384. The Morgan fingerprint density at radius 3 is 2.45 bits per heavy atom. The molecule has 4 aromatic rings. The van der Waals surface area contributed by atoms with Crippen LogP contribution in [0.5, 0.6) is 0 Å². The van der Waals surface area contributed by atoms with Crippen LogP contribution < -0.4 is 5.32 Å². The summed E-state index contributed by atoms with van der Waals surface area (Å²) in [5.74, 6) is -0.933. The summed E-state index contributed by atoms with van der Waals surface area (Å²) in [5, 5.41) is 5.51. The summed E-state index contributed by atoms with van der Waals surface area (Å²) in [6, 6.07) is 22.5. The molecule has 29 heavy (non-hydrogen) atoms. The summed E-state index contributed by atoms with van der Waals surface area (Å²) >= 11 is 0. The van der Waals surface area contributed by atoms with Gasteiger partial charge in [0.25, 0.3) is 5.91 Å². The molecule has 3 aromatic carbocycles. The van der Waals surface area contributed by atoms with E-state index >= 15 is 0 Å². The zero-order valence-electron chi connectivity index (χ0n) is 16.2. The number of rotatable bonds is 4. The molecule has 0 bridgehead atoms. The Morgan fingerprint density at radius 1 is 0.931 bits per heavy atom. The second-order valence-corrected chi connectivity index (χ2v) is 6.89. The molecule has 1 aromatic heterocycles.